The summed E-state index contributed by atoms with van der Waals surface area (Å²) in [5.41, 5.74) is 0. The first-order valence-corrected chi connectivity index (χ1v) is 0.463. The number of hydrogen-bond acceptors (Lipinski definition) is 1. The molecule has 0 bridgehead atoms. The first kappa shape index (κ1) is 18.2. The van der Waals surface area contributed by atoms with Gasteiger partial charge in [0.2, 0.25) is 0 Å². The zero-order valence-corrected chi connectivity index (χ0v) is 6.02. The van der Waals surface area contributed by atoms with Gasteiger partial charge in [-0.3, -0.25) is 0 Å². The zero-order valence-electron chi connectivity index (χ0n) is 2.36. The normalized spacial score (nSPS) is 1.50. The topological polar surface area (TPSA) is 0 Å². The van der Waals surface area contributed by atoms with Crippen molar-refractivity contribution in [3.63, 3.8) is 0 Å². The van der Waals surface area contributed by atoms with E-state index < -0.39 is 0 Å². The van der Waals surface area contributed by atoms with E-state index in [9.17, 15) is 0 Å². The molecule has 3 heteroatoms. The molecule has 0 nitrogen and oxygen atoms in total. The van der Waals surface area contributed by atoms with Gasteiger partial charge < -0.3 is 24.3 Å². The van der Waals surface area contributed by atoms with Gasteiger partial charge in [-0.25, -0.2) is 0 Å². The third-order valence-corrected chi connectivity index (χ3v) is 0. The smallest absolute Gasteiger partial charge is 0 e. The average Bonchev–Trinajstić information content (AvgIpc) is 1.00. The van der Waals surface area contributed by atoms with Crippen molar-refractivity contribution in [3.05, 3.63) is 7.43 Å². The largest absolute Gasteiger partial charge is 0.572 e. The molecule has 0 atom stereocenters. The summed E-state index contributed by atoms with van der Waals surface area (Å²) in [7, 11) is 0. The fourth-order valence-corrected chi connectivity index (χ4v) is 0. The van der Waals surface area contributed by atoms with Crippen molar-refractivity contribution in [2.24, 2.45) is 0 Å². The molecule has 4 heavy (non-hydrogen) atoms. The van der Waals surface area contributed by atoms with Gasteiger partial charge in [0, 0.05) is 32.7 Å². The molecule has 0 unspecified atom stereocenters. The van der Waals surface area contributed by atoms with Gasteiger partial charge in [-0.05, 0) is 0 Å². The van der Waals surface area contributed by atoms with Crippen LogP contribution in [-0.2, 0) is 45.7 Å². The Morgan fingerprint density at radius 3 is 1.25 bits per heavy atom. The molecular formula is CH3FSY-2. The molecule has 1 radical (unpaired) electrons. The second-order valence-electron chi connectivity index (χ2n) is 0. The Morgan fingerprint density at radius 2 is 1.25 bits per heavy atom. The van der Waals surface area contributed by atoms with Crippen LogP contribution in [0.1, 0.15) is 0 Å². The van der Waals surface area contributed by atoms with E-state index in [2.05, 4.69) is 13.0 Å². The van der Waals surface area contributed by atoms with E-state index in [0.29, 0.717) is 0 Å². The van der Waals surface area contributed by atoms with Crippen LogP contribution in [0, 0.1) is 7.43 Å². The Morgan fingerprint density at radius 1 is 1.25 bits per heavy atom. The molecule has 0 aromatic heterocycles. The van der Waals surface area contributed by atoms with E-state index in [1.54, 1.807) is 0 Å². The number of rotatable bonds is 0. The van der Waals surface area contributed by atoms with Crippen LogP contribution in [-0.4, -0.2) is 0 Å². The SMILES string of the molecule is F[S-].[CH3-].[Y]. The van der Waals surface area contributed by atoms with Crippen LogP contribution in [0.2, 0.25) is 0 Å². The number of hydrogen-bond donors (Lipinski definition) is 0. The standard InChI is InChI=1S/CH3.FS.Y/c;1-2;/h1H3;;/q2*-1;. The van der Waals surface area contributed by atoms with E-state index in [0.717, 1.165) is 0 Å². The Labute approximate surface area is 56.7 Å². The van der Waals surface area contributed by atoms with Gasteiger partial charge in [-0.15, -0.1) is 0 Å². The van der Waals surface area contributed by atoms with Crippen LogP contribution in [0.25, 0.3) is 0 Å². The Kier molecular flexibility index (Phi) is 119. The van der Waals surface area contributed by atoms with Crippen molar-refractivity contribution in [1.82, 2.24) is 0 Å². The summed E-state index contributed by atoms with van der Waals surface area (Å²) in [6.07, 6.45) is 0. The van der Waals surface area contributed by atoms with Crippen molar-refractivity contribution in [2.45, 2.75) is 0 Å². The van der Waals surface area contributed by atoms with Crippen LogP contribution in [0.3, 0.4) is 0 Å². The molecule has 0 amide bonds. The zero-order chi connectivity index (χ0) is 2.00. The first-order valence-electron chi connectivity index (χ1n) is 0.154. The van der Waals surface area contributed by atoms with Crippen molar-refractivity contribution < 1.29 is 36.6 Å². The van der Waals surface area contributed by atoms with Crippen LogP contribution in [0.4, 0.5) is 3.89 Å². The van der Waals surface area contributed by atoms with E-state index in [1.165, 1.54) is 0 Å². The summed E-state index contributed by atoms with van der Waals surface area (Å²) in [6, 6.07) is 0. The maximum absolute atomic E-state index is 9.08. The number of halogens is 1. The predicted molar refractivity (Wildman–Crippen MR) is 14.9 cm³/mol. The molecule has 0 spiro atoms. The van der Waals surface area contributed by atoms with E-state index in [4.69, 9.17) is 3.89 Å². The van der Waals surface area contributed by atoms with E-state index >= 15 is 0 Å². The summed E-state index contributed by atoms with van der Waals surface area (Å²) < 4.78 is 9.08. The summed E-state index contributed by atoms with van der Waals surface area (Å²) in [5, 5.41) is 0. The molecule has 0 aliphatic rings. The third kappa shape index (κ3) is 10.0. The van der Waals surface area contributed by atoms with Gasteiger partial charge in [-0.1, -0.05) is 0 Å². The summed E-state index contributed by atoms with van der Waals surface area (Å²) in [5.74, 6) is 0. The summed E-state index contributed by atoms with van der Waals surface area (Å²) >= 11 is 2.58. The van der Waals surface area contributed by atoms with Gasteiger partial charge in [0.15, 0.2) is 0 Å². The fourth-order valence-electron chi connectivity index (χ4n) is 0. The second-order valence-corrected chi connectivity index (χ2v) is 0. The molecule has 0 aromatic carbocycles. The molecule has 0 saturated carbocycles. The molecule has 25 valence electrons. The van der Waals surface area contributed by atoms with E-state index in [-0.39, 0.29) is 40.1 Å². The average molecular weight is 155 g/mol. The van der Waals surface area contributed by atoms with Crippen molar-refractivity contribution >= 4 is 13.0 Å². The van der Waals surface area contributed by atoms with Crippen LogP contribution in [0.5, 0.6) is 0 Å². The molecular weight excluding hydrogens is 152 g/mol. The van der Waals surface area contributed by atoms with Gasteiger partial charge in [-0.2, -0.15) is 0 Å². The predicted octanol–water partition coefficient (Wildman–Crippen LogP) is 0.866. The van der Waals surface area contributed by atoms with Crippen molar-refractivity contribution in [1.29, 1.82) is 0 Å². The van der Waals surface area contributed by atoms with Crippen LogP contribution in [0.15, 0.2) is 0 Å². The maximum Gasteiger partial charge on any atom is 0 e. The molecule has 0 N–H and O–H groups in total. The van der Waals surface area contributed by atoms with Crippen LogP contribution >= 0.6 is 0 Å². The van der Waals surface area contributed by atoms with Gasteiger partial charge >= 0.3 is 0 Å². The van der Waals surface area contributed by atoms with Crippen molar-refractivity contribution in [3.8, 4) is 0 Å². The molecule has 0 heterocycles. The van der Waals surface area contributed by atoms with Gasteiger partial charge in [0.1, 0.15) is 0 Å². The minimum absolute atomic E-state index is 0. The molecule has 0 saturated heterocycles. The monoisotopic (exact) mass is 155 g/mol. The fraction of sp³-hybridized carbons (Fsp3) is 0. The first-order chi connectivity index (χ1) is 1.00. The molecule has 0 rings (SSSR count). The van der Waals surface area contributed by atoms with Gasteiger partial charge in [0.25, 0.3) is 0 Å². The quantitative estimate of drug-likeness (QED) is 0.369. The molecule has 0 aromatic rings. The minimum Gasteiger partial charge on any atom is -0.572 e. The molecule has 0 aliphatic heterocycles. The van der Waals surface area contributed by atoms with E-state index in [1.807, 2.05) is 0 Å². The maximum atomic E-state index is 9.08. The van der Waals surface area contributed by atoms with Crippen molar-refractivity contribution in [2.75, 3.05) is 0 Å². The molecule has 0 aliphatic carbocycles. The molecule has 0 fully saturated rings. The van der Waals surface area contributed by atoms with Crippen LogP contribution < -0.4 is 0 Å². The Balaban J connectivity index is -0.00000000500. The summed E-state index contributed by atoms with van der Waals surface area (Å²) in [6.45, 7) is 0. The third-order valence-electron chi connectivity index (χ3n) is 0. The summed E-state index contributed by atoms with van der Waals surface area (Å²) in [4.78, 5) is 0. The second kappa shape index (κ2) is 26.2. The Bertz CT molecular complexity index is 8.00. The van der Waals surface area contributed by atoms with Gasteiger partial charge in [0.05, 0.1) is 0 Å². The minimum atomic E-state index is 0. The Hall–Kier alpha value is 1.38.